The maximum atomic E-state index is 12.7. The SMILES string of the molecule is CCCCCCCCCCCCCCCCCCCCCCCOCC(COC1OC(CO)C(O)C(O)C1O)OC(=O)CCCCCCCCCCCCC. The van der Waals surface area contributed by atoms with Crippen LogP contribution >= 0.6 is 0 Å². The van der Waals surface area contributed by atoms with Gasteiger partial charge < -0.3 is 39.4 Å². The molecule has 1 aliphatic heterocycles. The number of esters is 1. The Morgan fingerprint density at radius 1 is 0.509 bits per heavy atom. The van der Waals surface area contributed by atoms with E-state index in [1.165, 1.54) is 173 Å². The summed E-state index contributed by atoms with van der Waals surface area (Å²) in [4.78, 5) is 12.7. The number of hydrogen-bond acceptors (Lipinski definition) is 9. The highest BCUT2D eigenvalue weighted by Gasteiger charge is 2.44. The summed E-state index contributed by atoms with van der Waals surface area (Å²) < 4.78 is 22.8. The van der Waals surface area contributed by atoms with Gasteiger partial charge in [-0.25, -0.2) is 0 Å². The zero-order valence-electron chi connectivity index (χ0n) is 36.0. The number of ether oxygens (including phenoxy) is 4. The van der Waals surface area contributed by atoms with E-state index in [4.69, 9.17) is 18.9 Å². The molecule has 0 saturated carbocycles. The lowest BCUT2D eigenvalue weighted by molar-refractivity contribution is -0.305. The van der Waals surface area contributed by atoms with E-state index < -0.39 is 43.4 Å². The van der Waals surface area contributed by atoms with Gasteiger partial charge in [0.1, 0.15) is 30.5 Å². The molecule has 0 aromatic heterocycles. The van der Waals surface area contributed by atoms with E-state index in [0.29, 0.717) is 13.0 Å². The molecule has 9 nitrogen and oxygen atoms in total. The number of rotatable bonds is 41. The maximum Gasteiger partial charge on any atom is 0.306 e. The Hall–Kier alpha value is -0.810. The minimum atomic E-state index is -1.53. The predicted octanol–water partition coefficient (Wildman–Crippen LogP) is 10.6. The predicted molar refractivity (Wildman–Crippen MR) is 224 cm³/mol. The van der Waals surface area contributed by atoms with Crippen molar-refractivity contribution in [3.8, 4) is 0 Å². The lowest BCUT2D eigenvalue weighted by Crippen LogP contribution is -2.59. The van der Waals surface area contributed by atoms with Gasteiger partial charge in [0.05, 0.1) is 19.8 Å². The fraction of sp³-hybridized carbons (Fsp3) is 0.978. The molecular formula is C46H90O9. The smallest absolute Gasteiger partial charge is 0.306 e. The number of aliphatic hydroxyl groups is 4. The highest BCUT2D eigenvalue weighted by atomic mass is 16.7. The molecule has 0 bridgehead atoms. The highest BCUT2D eigenvalue weighted by Crippen LogP contribution is 2.23. The van der Waals surface area contributed by atoms with E-state index in [9.17, 15) is 25.2 Å². The second-order valence-corrected chi connectivity index (χ2v) is 16.6. The van der Waals surface area contributed by atoms with Crippen LogP contribution in [0.1, 0.15) is 226 Å². The third kappa shape index (κ3) is 30.0. The Morgan fingerprint density at radius 3 is 1.29 bits per heavy atom. The average Bonchev–Trinajstić information content (AvgIpc) is 3.18. The van der Waals surface area contributed by atoms with Gasteiger partial charge in [0.15, 0.2) is 6.29 Å². The van der Waals surface area contributed by atoms with Crippen molar-refractivity contribution in [3.63, 3.8) is 0 Å². The molecule has 1 saturated heterocycles. The van der Waals surface area contributed by atoms with E-state index >= 15 is 0 Å². The van der Waals surface area contributed by atoms with Crippen molar-refractivity contribution < 1.29 is 44.2 Å². The van der Waals surface area contributed by atoms with Crippen LogP contribution in [0.4, 0.5) is 0 Å². The van der Waals surface area contributed by atoms with E-state index in [-0.39, 0.29) is 19.2 Å². The fourth-order valence-electron chi connectivity index (χ4n) is 7.55. The van der Waals surface area contributed by atoms with E-state index in [1.807, 2.05) is 0 Å². The normalized spacial score (nSPS) is 20.6. The molecule has 1 rings (SSSR count). The van der Waals surface area contributed by atoms with Crippen molar-refractivity contribution in [2.24, 2.45) is 0 Å². The van der Waals surface area contributed by atoms with Crippen molar-refractivity contribution in [2.45, 2.75) is 263 Å². The molecule has 0 spiro atoms. The summed E-state index contributed by atoms with van der Waals surface area (Å²) >= 11 is 0. The van der Waals surface area contributed by atoms with Crippen molar-refractivity contribution >= 4 is 5.97 Å². The van der Waals surface area contributed by atoms with Crippen LogP contribution in [-0.4, -0.2) is 89.6 Å². The molecule has 9 heteroatoms. The van der Waals surface area contributed by atoms with Crippen molar-refractivity contribution in [2.75, 3.05) is 26.4 Å². The monoisotopic (exact) mass is 787 g/mol. The standard InChI is InChI=1S/C46H90O9/c1-3-5-7-9-11-13-15-16-17-18-19-20-21-22-23-24-26-28-30-32-34-36-52-38-40(39-53-46-45(51)44(50)43(49)41(37-47)55-46)54-42(48)35-33-31-29-27-25-14-12-10-8-6-4-2/h40-41,43-47,49-51H,3-39H2,1-2H3. The van der Waals surface area contributed by atoms with Gasteiger partial charge in [-0.3, -0.25) is 4.79 Å². The van der Waals surface area contributed by atoms with Gasteiger partial charge >= 0.3 is 5.97 Å². The minimum Gasteiger partial charge on any atom is -0.457 e. The Labute approximate surface area is 338 Å². The molecule has 0 amide bonds. The summed E-state index contributed by atoms with van der Waals surface area (Å²) in [7, 11) is 0. The molecule has 0 aromatic carbocycles. The zero-order chi connectivity index (χ0) is 40.0. The Kier molecular flexibility index (Phi) is 36.7. The van der Waals surface area contributed by atoms with Crippen molar-refractivity contribution in [1.82, 2.24) is 0 Å². The van der Waals surface area contributed by atoms with Crippen LogP contribution in [0.15, 0.2) is 0 Å². The first-order valence-corrected chi connectivity index (χ1v) is 23.6. The van der Waals surface area contributed by atoms with Crippen LogP contribution in [0.2, 0.25) is 0 Å². The van der Waals surface area contributed by atoms with Crippen LogP contribution in [-0.2, 0) is 23.7 Å². The molecule has 328 valence electrons. The largest absolute Gasteiger partial charge is 0.457 e. The number of carbonyl (C=O) groups excluding carboxylic acids is 1. The van der Waals surface area contributed by atoms with Gasteiger partial charge in [-0.1, -0.05) is 206 Å². The maximum absolute atomic E-state index is 12.7. The molecule has 4 N–H and O–H groups in total. The van der Waals surface area contributed by atoms with Gasteiger partial charge in [-0.05, 0) is 12.8 Å². The number of aliphatic hydroxyl groups excluding tert-OH is 4. The van der Waals surface area contributed by atoms with E-state index in [0.717, 1.165) is 32.1 Å². The lowest BCUT2D eigenvalue weighted by atomic mass is 9.99. The molecule has 1 heterocycles. The van der Waals surface area contributed by atoms with Crippen LogP contribution in [0.3, 0.4) is 0 Å². The topological polar surface area (TPSA) is 135 Å². The molecule has 0 aromatic rings. The Balaban J connectivity index is 2.17. The molecule has 6 unspecified atom stereocenters. The molecule has 6 atom stereocenters. The summed E-state index contributed by atoms with van der Waals surface area (Å²) in [5.41, 5.74) is 0. The third-order valence-electron chi connectivity index (χ3n) is 11.3. The van der Waals surface area contributed by atoms with Crippen molar-refractivity contribution in [3.05, 3.63) is 0 Å². The lowest BCUT2D eigenvalue weighted by Gasteiger charge is -2.39. The van der Waals surface area contributed by atoms with Crippen LogP contribution in [0.25, 0.3) is 0 Å². The van der Waals surface area contributed by atoms with Gasteiger partial charge in [-0.15, -0.1) is 0 Å². The molecule has 55 heavy (non-hydrogen) atoms. The number of hydrogen-bond donors (Lipinski definition) is 4. The second-order valence-electron chi connectivity index (χ2n) is 16.6. The van der Waals surface area contributed by atoms with E-state index in [2.05, 4.69) is 13.8 Å². The number of unbranched alkanes of at least 4 members (excludes halogenated alkanes) is 30. The first-order valence-electron chi connectivity index (χ1n) is 23.6. The molecule has 0 aliphatic carbocycles. The van der Waals surface area contributed by atoms with Gasteiger partial charge in [-0.2, -0.15) is 0 Å². The Bertz CT molecular complexity index is 812. The zero-order valence-corrected chi connectivity index (χ0v) is 36.0. The van der Waals surface area contributed by atoms with Crippen LogP contribution < -0.4 is 0 Å². The summed E-state index contributed by atoms with van der Waals surface area (Å²) in [6.45, 7) is 4.60. The summed E-state index contributed by atoms with van der Waals surface area (Å²) in [6, 6.07) is 0. The van der Waals surface area contributed by atoms with Gasteiger partial charge in [0.2, 0.25) is 0 Å². The third-order valence-corrected chi connectivity index (χ3v) is 11.3. The molecule has 0 radical (unpaired) electrons. The fourth-order valence-corrected chi connectivity index (χ4v) is 7.55. The Morgan fingerprint density at radius 2 is 0.891 bits per heavy atom. The van der Waals surface area contributed by atoms with Crippen LogP contribution in [0.5, 0.6) is 0 Å². The molecule has 1 fully saturated rings. The van der Waals surface area contributed by atoms with E-state index in [1.54, 1.807) is 0 Å². The molecule has 1 aliphatic rings. The van der Waals surface area contributed by atoms with Gasteiger partial charge in [0, 0.05) is 13.0 Å². The van der Waals surface area contributed by atoms with Gasteiger partial charge in [0.25, 0.3) is 0 Å². The van der Waals surface area contributed by atoms with Crippen LogP contribution in [0, 0.1) is 0 Å². The first kappa shape index (κ1) is 52.2. The minimum absolute atomic E-state index is 0.105. The highest BCUT2D eigenvalue weighted by molar-refractivity contribution is 5.69. The van der Waals surface area contributed by atoms with Crippen molar-refractivity contribution in [1.29, 1.82) is 0 Å². The summed E-state index contributed by atoms with van der Waals surface area (Å²) in [5.74, 6) is -0.309. The summed E-state index contributed by atoms with van der Waals surface area (Å²) in [6.07, 6.45) is 34.2. The first-order chi connectivity index (χ1) is 26.9. The number of carbonyl (C=O) groups is 1. The quantitative estimate of drug-likeness (QED) is 0.0353. The average molecular weight is 787 g/mol. The molecular weight excluding hydrogens is 696 g/mol. The summed E-state index contributed by atoms with van der Waals surface area (Å²) in [5, 5.41) is 40.1. The second kappa shape index (κ2) is 38.7.